The minimum Gasteiger partial charge on any atom is -0.255 e. The lowest BCUT2D eigenvalue weighted by Gasteiger charge is -2.00. The van der Waals surface area contributed by atoms with E-state index in [9.17, 15) is 5.26 Å². The van der Waals surface area contributed by atoms with E-state index >= 15 is 0 Å². The molecule has 0 radical (unpaired) electrons. The first-order chi connectivity index (χ1) is 11.2. The van der Waals surface area contributed by atoms with Gasteiger partial charge in [-0.05, 0) is 38.1 Å². The highest BCUT2D eigenvalue weighted by atomic mass is 15.3. The van der Waals surface area contributed by atoms with Crippen molar-refractivity contribution in [3.63, 3.8) is 0 Å². The summed E-state index contributed by atoms with van der Waals surface area (Å²) in [5.41, 5.74) is 4.34. The molecular formula is C18H15N5. The van der Waals surface area contributed by atoms with Gasteiger partial charge in [0.05, 0.1) is 17.5 Å². The van der Waals surface area contributed by atoms with E-state index in [0.29, 0.717) is 17.1 Å². The number of hydrogen-bond donors (Lipinski definition) is 0. The predicted octanol–water partition coefficient (Wildman–Crippen LogP) is 3.48. The zero-order valence-electron chi connectivity index (χ0n) is 12.9. The van der Waals surface area contributed by atoms with E-state index in [-0.39, 0.29) is 0 Å². The van der Waals surface area contributed by atoms with Gasteiger partial charge >= 0.3 is 0 Å². The maximum absolute atomic E-state index is 9.32. The second-order valence-corrected chi connectivity index (χ2v) is 5.29. The molecule has 0 atom stereocenters. The Morgan fingerprint density at radius 2 is 1.91 bits per heavy atom. The van der Waals surface area contributed by atoms with E-state index < -0.39 is 0 Å². The molecule has 2 aromatic heterocycles. The SMILES string of the molecule is Cc1cc(C)cc(-c2ncn(/C=C(\C#N)c3ccccn3)n2)c1. The number of pyridine rings is 1. The number of aromatic nitrogens is 4. The molecule has 0 saturated carbocycles. The highest BCUT2D eigenvalue weighted by Gasteiger charge is 2.07. The molecule has 0 saturated heterocycles. The van der Waals surface area contributed by atoms with Crippen molar-refractivity contribution in [2.45, 2.75) is 13.8 Å². The molecule has 0 fully saturated rings. The Kier molecular flexibility index (Phi) is 3.98. The summed E-state index contributed by atoms with van der Waals surface area (Å²) in [5, 5.41) is 13.7. The average Bonchev–Trinajstić information content (AvgIpc) is 3.01. The molecule has 0 aliphatic carbocycles. The van der Waals surface area contributed by atoms with Crippen LogP contribution in [0, 0.1) is 25.2 Å². The Labute approximate surface area is 134 Å². The van der Waals surface area contributed by atoms with Gasteiger partial charge in [-0.1, -0.05) is 23.3 Å². The third kappa shape index (κ3) is 3.33. The van der Waals surface area contributed by atoms with Crippen LogP contribution in [0.3, 0.4) is 0 Å². The van der Waals surface area contributed by atoms with Crippen LogP contribution >= 0.6 is 0 Å². The van der Waals surface area contributed by atoms with E-state index in [1.807, 2.05) is 38.1 Å². The molecule has 2 heterocycles. The standard InChI is InChI=1S/C18H15N5/c1-13-7-14(2)9-15(8-13)18-21-12-23(22-18)11-16(10-19)17-5-3-4-6-20-17/h3-9,11-12H,1-2H3/b16-11+. The second kappa shape index (κ2) is 6.24. The Bertz CT molecular complexity index is 880. The van der Waals surface area contributed by atoms with Crippen LogP contribution in [0.2, 0.25) is 0 Å². The van der Waals surface area contributed by atoms with E-state index in [4.69, 9.17) is 0 Å². The molecule has 3 rings (SSSR count). The van der Waals surface area contributed by atoms with Gasteiger partial charge in [0.2, 0.25) is 0 Å². The summed E-state index contributed by atoms with van der Waals surface area (Å²) in [6.07, 6.45) is 4.87. The van der Waals surface area contributed by atoms with Gasteiger partial charge < -0.3 is 0 Å². The zero-order valence-corrected chi connectivity index (χ0v) is 12.9. The van der Waals surface area contributed by atoms with Crippen molar-refractivity contribution >= 4 is 11.8 Å². The molecule has 5 heteroatoms. The quantitative estimate of drug-likeness (QED) is 0.695. The van der Waals surface area contributed by atoms with Gasteiger partial charge in [-0.3, -0.25) is 4.98 Å². The van der Waals surface area contributed by atoms with Crippen LogP contribution in [-0.2, 0) is 0 Å². The first-order valence-electron chi connectivity index (χ1n) is 7.19. The zero-order chi connectivity index (χ0) is 16.2. The molecular weight excluding hydrogens is 286 g/mol. The molecule has 0 spiro atoms. The monoisotopic (exact) mass is 301 g/mol. The highest BCUT2D eigenvalue weighted by molar-refractivity contribution is 5.83. The largest absolute Gasteiger partial charge is 0.255 e. The van der Waals surface area contributed by atoms with Crippen LogP contribution in [0.25, 0.3) is 23.2 Å². The normalized spacial score (nSPS) is 11.3. The number of rotatable bonds is 3. The molecule has 0 aliphatic heterocycles. The molecule has 0 bridgehead atoms. The first-order valence-corrected chi connectivity index (χ1v) is 7.19. The fourth-order valence-electron chi connectivity index (χ4n) is 2.38. The number of nitriles is 1. The van der Waals surface area contributed by atoms with Crippen molar-refractivity contribution in [2.24, 2.45) is 0 Å². The Balaban J connectivity index is 1.96. The van der Waals surface area contributed by atoms with Gasteiger partial charge in [-0.2, -0.15) is 5.26 Å². The molecule has 112 valence electrons. The van der Waals surface area contributed by atoms with Crippen LogP contribution in [-0.4, -0.2) is 19.7 Å². The van der Waals surface area contributed by atoms with Gasteiger partial charge in [0.1, 0.15) is 12.4 Å². The lowest BCUT2D eigenvalue weighted by molar-refractivity contribution is 0.938. The van der Waals surface area contributed by atoms with Gasteiger partial charge in [0.25, 0.3) is 0 Å². The number of nitrogens with zero attached hydrogens (tertiary/aromatic N) is 5. The average molecular weight is 301 g/mol. The Hall–Kier alpha value is -3.26. The van der Waals surface area contributed by atoms with E-state index in [2.05, 4.69) is 27.2 Å². The molecule has 0 N–H and O–H groups in total. The van der Waals surface area contributed by atoms with Crippen molar-refractivity contribution in [1.82, 2.24) is 19.7 Å². The Morgan fingerprint density at radius 1 is 1.13 bits per heavy atom. The van der Waals surface area contributed by atoms with Gasteiger partial charge in [0, 0.05) is 11.8 Å². The summed E-state index contributed by atoms with van der Waals surface area (Å²) >= 11 is 0. The fourth-order valence-corrected chi connectivity index (χ4v) is 2.38. The third-order valence-corrected chi connectivity index (χ3v) is 3.31. The van der Waals surface area contributed by atoms with Crippen molar-refractivity contribution in [1.29, 1.82) is 5.26 Å². The van der Waals surface area contributed by atoms with Crippen LogP contribution in [0.1, 0.15) is 16.8 Å². The summed E-state index contributed by atoms with van der Waals surface area (Å²) in [7, 11) is 0. The van der Waals surface area contributed by atoms with Gasteiger partial charge in [0.15, 0.2) is 5.82 Å². The number of allylic oxidation sites excluding steroid dienone is 1. The van der Waals surface area contributed by atoms with Crippen molar-refractivity contribution in [3.05, 3.63) is 65.7 Å². The minimum atomic E-state index is 0.433. The molecule has 0 amide bonds. The predicted molar refractivity (Wildman–Crippen MR) is 88.9 cm³/mol. The summed E-state index contributed by atoms with van der Waals surface area (Å²) in [6, 6.07) is 13.8. The molecule has 0 aliphatic rings. The van der Waals surface area contributed by atoms with E-state index in [0.717, 1.165) is 16.7 Å². The highest BCUT2D eigenvalue weighted by Crippen LogP contribution is 2.19. The summed E-state index contributed by atoms with van der Waals surface area (Å²) in [5.74, 6) is 0.631. The number of benzene rings is 1. The molecule has 0 unspecified atom stereocenters. The molecule has 3 aromatic rings. The van der Waals surface area contributed by atoms with Crippen molar-refractivity contribution < 1.29 is 0 Å². The van der Waals surface area contributed by atoms with Gasteiger partial charge in [-0.15, -0.1) is 5.10 Å². The van der Waals surface area contributed by atoms with Crippen LogP contribution in [0.5, 0.6) is 0 Å². The summed E-state index contributed by atoms with van der Waals surface area (Å²) in [4.78, 5) is 8.51. The van der Waals surface area contributed by atoms with E-state index in [1.54, 1.807) is 29.5 Å². The smallest absolute Gasteiger partial charge is 0.181 e. The minimum absolute atomic E-state index is 0.433. The number of aryl methyl sites for hydroxylation is 2. The van der Waals surface area contributed by atoms with Crippen LogP contribution in [0.4, 0.5) is 0 Å². The topological polar surface area (TPSA) is 67.4 Å². The fraction of sp³-hybridized carbons (Fsp3) is 0.111. The lowest BCUT2D eigenvalue weighted by atomic mass is 10.1. The maximum atomic E-state index is 9.32. The second-order valence-electron chi connectivity index (χ2n) is 5.29. The molecule has 1 aromatic carbocycles. The lowest BCUT2D eigenvalue weighted by Crippen LogP contribution is -1.92. The van der Waals surface area contributed by atoms with E-state index in [1.165, 1.54) is 0 Å². The molecule has 23 heavy (non-hydrogen) atoms. The van der Waals surface area contributed by atoms with Gasteiger partial charge in [-0.25, -0.2) is 9.67 Å². The van der Waals surface area contributed by atoms with Crippen LogP contribution in [0.15, 0.2) is 48.9 Å². The van der Waals surface area contributed by atoms with Crippen molar-refractivity contribution in [3.8, 4) is 17.5 Å². The molecule has 5 nitrogen and oxygen atoms in total. The Morgan fingerprint density at radius 3 is 2.57 bits per heavy atom. The third-order valence-electron chi connectivity index (χ3n) is 3.31. The maximum Gasteiger partial charge on any atom is 0.181 e. The number of hydrogen-bond acceptors (Lipinski definition) is 4. The summed E-state index contributed by atoms with van der Waals surface area (Å²) < 4.78 is 1.54. The summed E-state index contributed by atoms with van der Waals surface area (Å²) in [6.45, 7) is 4.09. The van der Waals surface area contributed by atoms with Crippen LogP contribution < -0.4 is 0 Å². The van der Waals surface area contributed by atoms with Crippen molar-refractivity contribution in [2.75, 3.05) is 0 Å². The first kappa shape index (κ1) is 14.7.